The van der Waals surface area contributed by atoms with Gasteiger partial charge in [0, 0.05) is 18.4 Å². The maximum absolute atomic E-state index is 13.4. The van der Waals surface area contributed by atoms with Crippen molar-refractivity contribution < 1.29 is 9.13 Å². The summed E-state index contributed by atoms with van der Waals surface area (Å²) in [4.78, 5) is 4.12. The average molecular weight is 303 g/mol. The highest BCUT2D eigenvalue weighted by atomic mass is 19.1. The Labute approximate surface area is 130 Å². The number of benzene rings is 1. The van der Waals surface area contributed by atoms with Crippen LogP contribution in [-0.2, 0) is 6.42 Å². The van der Waals surface area contributed by atoms with E-state index in [4.69, 9.17) is 10.5 Å². The third kappa shape index (κ3) is 4.70. The van der Waals surface area contributed by atoms with Crippen LogP contribution in [-0.4, -0.2) is 24.2 Å². The average Bonchev–Trinajstić information content (AvgIpc) is 2.54. The number of nitrogens with zero attached hydrogens (tertiary/aromatic N) is 1. The van der Waals surface area contributed by atoms with E-state index in [1.54, 1.807) is 19.2 Å². The molecule has 1 heterocycles. The fraction of sp³-hybridized carbons (Fsp3) is 0.353. The molecular weight excluding hydrogens is 281 g/mol. The monoisotopic (exact) mass is 303 g/mol. The fourth-order valence-corrected chi connectivity index (χ4v) is 1.95. The predicted octanol–water partition coefficient (Wildman–Crippen LogP) is 2.91. The Morgan fingerprint density at radius 2 is 2.14 bits per heavy atom. The van der Waals surface area contributed by atoms with Gasteiger partial charge in [-0.15, -0.1) is 0 Å². The van der Waals surface area contributed by atoms with E-state index in [9.17, 15) is 4.39 Å². The number of aromatic nitrogens is 1. The van der Waals surface area contributed by atoms with Gasteiger partial charge in [0.05, 0.1) is 12.2 Å². The Bertz CT molecular complexity index is 619. The van der Waals surface area contributed by atoms with Crippen LogP contribution in [0.1, 0.15) is 18.1 Å². The lowest BCUT2D eigenvalue weighted by atomic mass is 10.2. The molecule has 3 N–H and O–H groups in total. The van der Waals surface area contributed by atoms with E-state index in [2.05, 4.69) is 17.2 Å². The molecule has 1 aromatic heterocycles. The molecule has 2 aromatic rings. The fourth-order valence-electron chi connectivity index (χ4n) is 1.95. The topological polar surface area (TPSA) is 60.2 Å². The number of rotatable bonds is 7. The van der Waals surface area contributed by atoms with Crippen molar-refractivity contribution in [1.29, 1.82) is 0 Å². The summed E-state index contributed by atoms with van der Waals surface area (Å²) >= 11 is 0. The van der Waals surface area contributed by atoms with Gasteiger partial charge in [-0.1, -0.05) is 13.0 Å². The van der Waals surface area contributed by atoms with Crippen LogP contribution >= 0.6 is 0 Å². The number of ether oxygens (including phenoxy) is 1. The second kappa shape index (κ2) is 7.75. The molecule has 0 radical (unpaired) electrons. The van der Waals surface area contributed by atoms with Gasteiger partial charge < -0.3 is 15.8 Å². The zero-order valence-electron chi connectivity index (χ0n) is 13.0. The van der Waals surface area contributed by atoms with Gasteiger partial charge in [0.25, 0.3) is 0 Å². The Balaban J connectivity index is 1.80. The molecule has 1 atom stereocenters. The lowest BCUT2D eigenvalue weighted by Crippen LogP contribution is -2.35. The lowest BCUT2D eigenvalue weighted by molar-refractivity contribution is 0.291. The summed E-state index contributed by atoms with van der Waals surface area (Å²) in [5.41, 5.74) is 8.47. The van der Waals surface area contributed by atoms with Crippen LogP contribution in [0.4, 0.5) is 10.1 Å². The largest absolute Gasteiger partial charge is 0.490 e. The number of halogens is 1. The van der Waals surface area contributed by atoms with E-state index in [1.807, 2.05) is 18.3 Å². The van der Waals surface area contributed by atoms with Crippen molar-refractivity contribution in [3.63, 3.8) is 0 Å². The maximum atomic E-state index is 13.4. The normalized spacial score (nSPS) is 12.0. The molecule has 0 bridgehead atoms. The molecule has 0 unspecified atom stereocenters. The van der Waals surface area contributed by atoms with Crippen molar-refractivity contribution in [3.05, 3.63) is 53.6 Å². The van der Waals surface area contributed by atoms with Gasteiger partial charge in [-0.3, -0.25) is 4.98 Å². The molecule has 118 valence electrons. The number of nitrogens with one attached hydrogen (secondary N) is 1. The minimum Gasteiger partial charge on any atom is -0.490 e. The molecule has 0 amide bonds. The first-order valence-corrected chi connectivity index (χ1v) is 7.40. The third-order valence-electron chi connectivity index (χ3n) is 3.38. The number of nitrogens with two attached hydrogens (primary N) is 1. The highest BCUT2D eigenvalue weighted by molar-refractivity contribution is 5.45. The Kier molecular flexibility index (Phi) is 5.72. The molecule has 5 heteroatoms. The van der Waals surface area contributed by atoms with E-state index < -0.39 is 0 Å². The maximum Gasteiger partial charge on any atom is 0.137 e. The second-order valence-corrected chi connectivity index (χ2v) is 5.30. The van der Waals surface area contributed by atoms with E-state index in [0.29, 0.717) is 24.4 Å². The predicted molar refractivity (Wildman–Crippen MR) is 86.7 cm³/mol. The van der Waals surface area contributed by atoms with Gasteiger partial charge in [0.1, 0.15) is 18.2 Å². The standard InChI is InChI=1S/C17H22FN3O/c1-3-13-6-16(10-20-8-13)22-11-14(19)9-21-15-5-4-12(2)17(18)7-15/h4-8,10,14,21H,3,9,11,19H2,1-2H3/t14-/m0/s1. The number of pyridine rings is 1. The van der Waals surface area contributed by atoms with Crippen LogP contribution in [0, 0.1) is 12.7 Å². The summed E-state index contributed by atoms with van der Waals surface area (Å²) in [6, 6.07) is 6.80. The summed E-state index contributed by atoms with van der Waals surface area (Å²) in [6.07, 6.45) is 4.41. The lowest BCUT2D eigenvalue weighted by Gasteiger charge is -2.15. The van der Waals surface area contributed by atoms with Crippen LogP contribution in [0.25, 0.3) is 0 Å². The molecule has 1 aromatic carbocycles. The molecule has 0 fully saturated rings. The third-order valence-corrected chi connectivity index (χ3v) is 3.38. The second-order valence-electron chi connectivity index (χ2n) is 5.30. The van der Waals surface area contributed by atoms with Crippen LogP contribution in [0.15, 0.2) is 36.7 Å². The number of hydrogen-bond acceptors (Lipinski definition) is 4. The first kappa shape index (κ1) is 16.2. The Morgan fingerprint density at radius 3 is 2.86 bits per heavy atom. The summed E-state index contributed by atoms with van der Waals surface area (Å²) in [6.45, 7) is 4.67. The van der Waals surface area contributed by atoms with Gasteiger partial charge in [0.2, 0.25) is 0 Å². The molecule has 0 aliphatic heterocycles. The van der Waals surface area contributed by atoms with Crippen molar-refractivity contribution in [2.45, 2.75) is 26.3 Å². The number of hydrogen-bond donors (Lipinski definition) is 2. The minimum absolute atomic E-state index is 0.199. The number of anilines is 1. The van der Waals surface area contributed by atoms with Crippen LogP contribution in [0.2, 0.25) is 0 Å². The molecule has 0 aliphatic carbocycles. The van der Waals surface area contributed by atoms with Crippen LogP contribution in [0.3, 0.4) is 0 Å². The Morgan fingerprint density at radius 1 is 1.32 bits per heavy atom. The van der Waals surface area contributed by atoms with E-state index in [0.717, 1.165) is 17.7 Å². The van der Waals surface area contributed by atoms with Crippen LogP contribution in [0.5, 0.6) is 5.75 Å². The summed E-state index contributed by atoms with van der Waals surface area (Å²) < 4.78 is 19.1. The molecule has 0 saturated heterocycles. The summed E-state index contributed by atoms with van der Waals surface area (Å²) in [5.74, 6) is 0.494. The van der Waals surface area contributed by atoms with Gasteiger partial charge in [-0.05, 0) is 42.7 Å². The highest BCUT2D eigenvalue weighted by Crippen LogP contribution is 2.14. The number of aryl methyl sites for hydroxylation is 2. The van der Waals surface area contributed by atoms with Gasteiger partial charge in [-0.25, -0.2) is 4.39 Å². The first-order valence-electron chi connectivity index (χ1n) is 7.40. The summed E-state index contributed by atoms with van der Waals surface area (Å²) in [7, 11) is 0. The van der Waals surface area contributed by atoms with Gasteiger partial charge in [-0.2, -0.15) is 0 Å². The first-order chi connectivity index (χ1) is 10.6. The minimum atomic E-state index is -0.225. The van der Waals surface area contributed by atoms with Crippen molar-refractivity contribution in [3.8, 4) is 5.75 Å². The molecular formula is C17H22FN3O. The SMILES string of the molecule is CCc1cncc(OC[C@@H](N)CNc2ccc(C)c(F)c2)c1. The zero-order valence-corrected chi connectivity index (χ0v) is 13.0. The van der Waals surface area contributed by atoms with Crippen molar-refractivity contribution in [2.24, 2.45) is 5.73 Å². The molecule has 0 aliphatic rings. The molecule has 2 rings (SSSR count). The molecule has 22 heavy (non-hydrogen) atoms. The Hall–Kier alpha value is -2.14. The van der Waals surface area contributed by atoms with Crippen molar-refractivity contribution in [1.82, 2.24) is 4.98 Å². The quantitative estimate of drug-likeness (QED) is 0.825. The summed E-state index contributed by atoms with van der Waals surface area (Å²) in [5, 5.41) is 3.11. The molecule has 4 nitrogen and oxygen atoms in total. The smallest absolute Gasteiger partial charge is 0.137 e. The zero-order chi connectivity index (χ0) is 15.9. The molecule has 0 spiro atoms. The van der Waals surface area contributed by atoms with Crippen LogP contribution < -0.4 is 15.8 Å². The van der Waals surface area contributed by atoms with E-state index >= 15 is 0 Å². The van der Waals surface area contributed by atoms with Crippen molar-refractivity contribution in [2.75, 3.05) is 18.5 Å². The van der Waals surface area contributed by atoms with E-state index in [1.165, 1.54) is 6.07 Å². The van der Waals surface area contributed by atoms with Gasteiger partial charge >= 0.3 is 0 Å². The molecule has 0 saturated carbocycles. The van der Waals surface area contributed by atoms with Gasteiger partial charge in [0.15, 0.2) is 0 Å². The van der Waals surface area contributed by atoms with E-state index in [-0.39, 0.29) is 11.9 Å². The van der Waals surface area contributed by atoms with Crippen molar-refractivity contribution >= 4 is 5.69 Å². The highest BCUT2D eigenvalue weighted by Gasteiger charge is 2.06.